The molecule has 0 spiro atoms. The number of carbonyl (C=O) groups excluding carboxylic acids is 2. The van der Waals surface area contributed by atoms with Crippen LogP contribution in [0.25, 0.3) is 5.70 Å². The van der Waals surface area contributed by atoms with Crippen LogP contribution in [0, 0.1) is 0 Å². The fourth-order valence-electron chi connectivity index (χ4n) is 1.57. The maximum atomic E-state index is 11.8. The van der Waals surface area contributed by atoms with Crippen LogP contribution in [0.15, 0.2) is 49.4 Å². The Kier molecular flexibility index (Phi) is 4.81. The van der Waals surface area contributed by atoms with Gasteiger partial charge in [0, 0.05) is 19.3 Å². The number of esters is 1. The molecule has 0 radical (unpaired) electrons. The Morgan fingerprint density at radius 1 is 1.14 bits per heavy atom. The van der Waals surface area contributed by atoms with Gasteiger partial charge in [0.1, 0.15) is 11.4 Å². The van der Waals surface area contributed by atoms with Crippen molar-refractivity contribution in [2.45, 2.75) is 6.92 Å². The van der Waals surface area contributed by atoms with E-state index in [9.17, 15) is 9.59 Å². The second-order valence-corrected chi connectivity index (χ2v) is 4.27. The topological polar surface area (TPSA) is 93.2 Å². The van der Waals surface area contributed by atoms with E-state index in [1.807, 2.05) is 0 Å². The summed E-state index contributed by atoms with van der Waals surface area (Å²) in [6, 6.07) is 6.69. The van der Waals surface area contributed by atoms with Crippen LogP contribution in [0.1, 0.15) is 23.0 Å². The van der Waals surface area contributed by atoms with Crippen LogP contribution >= 0.6 is 0 Å². The van der Waals surface area contributed by atoms with Gasteiger partial charge in [-0.05, 0) is 29.8 Å². The lowest BCUT2D eigenvalue weighted by Crippen LogP contribution is -2.36. The van der Waals surface area contributed by atoms with Crippen molar-refractivity contribution in [2.75, 3.05) is 0 Å². The summed E-state index contributed by atoms with van der Waals surface area (Å²) in [5.41, 5.74) is 6.55. The molecule has 0 atom stereocenters. The number of hydrogen-bond donors (Lipinski definition) is 2. The fraction of sp³-hybridized carbons (Fsp3) is 0.0667. The van der Waals surface area contributed by atoms with E-state index in [1.165, 1.54) is 25.5 Å². The van der Waals surface area contributed by atoms with E-state index >= 15 is 0 Å². The van der Waals surface area contributed by atoms with Gasteiger partial charge < -0.3 is 4.74 Å². The maximum Gasteiger partial charge on any atom is 0.308 e. The van der Waals surface area contributed by atoms with E-state index in [-0.39, 0.29) is 11.7 Å². The van der Waals surface area contributed by atoms with Gasteiger partial charge in [-0.1, -0.05) is 6.58 Å². The minimum atomic E-state index is -0.425. The Labute approximate surface area is 127 Å². The molecule has 0 aliphatic rings. The van der Waals surface area contributed by atoms with E-state index in [1.54, 1.807) is 24.3 Å². The van der Waals surface area contributed by atoms with Gasteiger partial charge in [0.2, 0.25) is 0 Å². The molecule has 112 valence electrons. The van der Waals surface area contributed by atoms with Crippen molar-refractivity contribution in [3.63, 3.8) is 0 Å². The maximum absolute atomic E-state index is 11.8. The molecule has 0 unspecified atom stereocenters. The fourth-order valence-corrected chi connectivity index (χ4v) is 1.57. The first kappa shape index (κ1) is 15.2. The van der Waals surface area contributed by atoms with Crippen LogP contribution in [0.5, 0.6) is 5.75 Å². The summed E-state index contributed by atoms with van der Waals surface area (Å²) in [6.07, 6.45) is 4.26. The molecular weight excluding hydrogens is 284 g/mol. The highest BCUT2D eigenvalue weighted by Gasteiger charge is 2.07. The predicted octanol–water partition coefficient (Wildman–Crippen LogP) is 1.31. The van der Waals surface area contributed by atoms with Crippen molar-refractivity contribution >= 4 is 17.6 Å². The summed E-state index contributed by atoms with van der Waals surface area (Å²) in [4.78, 5) is 30.3. The standard InChI is InChI=1S/C15H14N4O3/c1-10(12-3-5-13(6-4-12)22-11(2)20)18-19-15(21)14-9-16-7-8-17-14/h3-9,18H,1H2,2H3,(H,19,21). The van der Waals surface area contributed by atoms with Gasteiger partial charge in [0.05, 0.1) is 11.9 Å². The molecule has 0 aliphatic carbocycles. The highest BCUT2D eigenvalue weighted by molar-refractivity contribution is 5.92. The molecule has 0 fully saturated rings. The first-order chi connectivity index (χ1) is 10.6. The number of nitrogens with one attached hydrogen (secondary N) is 2. The zero-order chi connectivity index (χ0) is 15.9. The van der Waals surface area contributed by atoms with Gasteiger partial charge in [-0.15, -0.1) is 0 Å². The van der Waals surface area contributed by atoms with Crippen molar-refractivity contribution in [2.24, 2.45) is 0 Å². The highest BCUT2D eigenvalue weighted by atomic mass is 16.5. The molecule has 7 heteroatoms. The molecule has 7 nitrogen and oxygen atoms in total. The van der Waals surface area contributed by atoms with E-state index in [0.717, 1.165) is 5.56 Å². The Balaban J connectivity index is 1.92. The van der Waals surface area contributed by atoms with Crippen molar-refractivity contribution in [1.82, 2.24) is 20.8 Å². The van der Waals surface area contributed by atoms with E-state index in [2.05, 4.69) is 27.4 Å². The molecule has 0 saturated heterocycles. The Hall–Kier alpha value is -3.22. The quantitative estimate of drug-likeness (QED) is 0.491. The Bertz CT molecular complexity index is 684. The second-order valence-electron chi connectivity index (χ2n) is 4.27. The normalized spacial score (nSPS) is 9.68. The molecule has 1 aromatic heterocycles. The summed E-state index contributed by atoms with van der Waals surface area (Å²) >= 11 is 0. The van der Waals surface area contributed by atoms with Crippen LogP contribution in [-0.2, 0) is 4.79 Å². The van der Waals surface area contributed by atoms with Crippen LogP contribution in [0.3, 0.4) is 0 Å². The molecule has 1 amide bonds. The third-order valence-corrected chi connectivity index (χ3v) is 2.59. The Morgan fingerprint density at radius 3 is 2.45 bits per heavy atom. The molecule has 1 heterocycles. The van der Waals surface area contributed by atoms with Crippen molar-refractivity contribution < 1.29 is 14.3 Å². The van der Waals surface area contributed by atoms with E-state index in [4.69, 9.17) is 4.74 Å². The number of rotatable bonds is 5. The summed E-state index contributed by atoms with van der Waals surface area (Å²) in [7, 11) is 0. The minimum absolute atomic E-state index is 0.188. The number of carbonyl (C=O) groups is 2. The van der Waals surface area contributed by atoms with Gasteiger partial charge in [-0.2, -0.15) is 0 Å². The largest absolute Gasteiger partial charge is 0.427 e. The number of aromatic nitrogens is 2. The first-order valence-electron chi connectivity index (χ1n) is 6.36. The highest BCUT2D eigenvalue weighted by Crippen LogP contribution is 2.15. The van der Waals surface area contributed by atoms with Gasteiger partial charge in [-0.3, -0.25) is 25.4 Å². The minimum Gasteiger partial charge on any atom is -0.427 e. The number of benzene rings is 1. The molecule has 22 heavy (non-hydrogen) atoms. The number of hydrogen-bond acceptors (Lipinski definition) is 6. The summed E-state index contributed by atoms with van der Waals surface area (Å²) < 4.78 is 4.93. The zero-order valence-corrected chi connectivity index (χ0v) is 11.9. The molecule has 2 aromatic rings. The average molecular weight is 298 g/mol. The lowest BCUT2D eigenvalue weighted by atomic mass is 10.2. The molecular formula is C15H14N4O3. The zero-order valence-electron chi connectivity index (χ0n) is 11.9. The summed E-state index contributed by atoms with van der Waals surface area (Å²) in [5, 5.41) is 0. The Morgan fingerprint density at radius 2 is 1.86 bits per heavy atom. The molecule has 0 bridgehead atoms. The average Bonchev–Trinajstić information content (AvgIpc) is 2.53. The molecule has 0 aliphatic heterocycles. The first-order valence-corrected chi connectivity index (χ1v) is 6.36. The van der Waals surface area contributed by atoms with Crippen molar-refractivity contribution in [3.8, 4) is 5.75 Å². The number of ether oxygens (including phenoxy) is 1. The number of hydrazine groups is 1. The second kappa shape index (κ2) is 6.98. The summed E-state index contributed by atoms with van der Waals surface area (Å²) in [5.74, 6) is -0.376. The monoisotopic (exact) mass is 298 g/mol. The van der Waals surface area contributed by atoms with Crippen LogP contribution in [0.2, 0.25) is 0 Å². The van der Waals surface area contributed by atoms with Crippen LogP contribution < -0.4 is 15.6 Å². The van der Waals surface area contributed by atoms with Crippen molar-refractivity contribution in [1.29, 1.82) is 0 Å². The molecule has 2 N–H and O–H groups in total. The molecule has 1 aromatic carbocycles. The SMILES string of the molecule is C=C(NNC(=O)c1cnccn1)c1ccc(OC(C)=O)cc1. The summed E-state index contributed by atoms with van der Waals surface area (Å²) in [6.45, 7) is 5.14. The van der Waals surface area contributed by atoms with Crippen LogP contribution in [-0.4, -0.2) is 21.8 Å². The third-order valence-electron chi connectivity index (χ3n) is 2.59. The van der Waals surface area contributed by atoms with Gasteiger partial charge >= 0.3 is 5.97 Å². The van der Waals surface area contributed by atoms with E-state index in [0.29, 0.717) is 11.4 Å². The number of amides is 1. The van der Waals surface area contributed by atoms with Gasteiger partial charge in [0.15, 0.2) is 0 Å². The lowest BCUT2D eigenvalue weighted by molar-refractivity contribution is -0.131. The van der Waals surface area contributed by atoms with Crippen LogP contribution in [0.4, 0.5) is 0 Å². The molecule has 2 rings (SSSR count). The van der Waals surface area contributed by atoms with E-state index < -0.39 is 5.91 Å². The third kappa shape index (κ3) is 4.14. The van der Waals surface area contributed by atoms with Crippen molar-refractivity contribution in [3.05, 3.63) is 60.7 Å². The molecule has 0 saturated carbocycles. The van der Waals surface area contributed by atoms with Gasteiger partial charge in [-0.25, -0.2) is 4.98 Å². The lowest BCUT2D eigenvalue weighted by Gasteiger charge is -2.11. The predicted molar refractivity (Wildman–Crippen MR) is 79.4 cm³/mol. The smallest absolute Gasteiger partial charge is 0.308 e. The van der Waals surface area contributed by atoms with Gasteiger partial charge in [0.25, 0.3) is 5.91 Å². The number of nitrogens with zero attached hydrogens (tertiary/aromatic N) is 2.